The highest BCUT2D eigenvalue weighted by Crippen LogP contribution is 2.24. The van der Waals surface area contributed by atoms with E-state index in [1.165, 1.54) is 11.8 Å². The molecule has 0 aliphatic carbocycles. The van der Waals surface area contributed by atoms with E-state index in [4.69, 9.17) is 0 Å². The van der Waals surface area contributed by atoms with Gasteiger partial charge in [0.25, 0.3) is 5.56 Å². The predicted octanol–water partition coefficient (Wildman–Crippen LogP) is 3.34. The van der Waals surface area contributed by atoms with E-state index in [0.29, 0.717) is 22.6 Å². The van der Waals surface area contributed by atoms with Gasteiger partial charge in [-0.15, -0.1) is 0 Å². The van der Waals surface area contributed by atoms with Gasteiger partial charge in [0.2, 0.25) is 5.91 Å². The molecule has 1 aromatic heterocycles. The van der Waals surface area contributed by atoms with Crippen molar-refractivity contribution in [1.82, 2.24) is 14.9 Å². The Balaban J connectivity index is 2.34. The molecule has 0 fully saturated rings. The van der Waals surface area contributed by atoms with Gasteiger partial charge in [0.15, 0.2) is 5.16 Å². The van der Waals surface area contributed by atoms with Crippen molar-refractivity contribution in [3.8, 4) is 6.07 Å². The van der Waals surface area contributed by atoms with E-state index in [0.717, 1.165) is 6.42 Å². The summed E-state index contributed by atoms with van der Waals surface area (Å²) in [4.78, 5) is 30.1. The van der Waals surface area contributed by atoms with Crippen LogP contribution in [0.25, 0.3) is 10.9 Å². The van der Waals surface area contributed by atoms with Crippen LogP contribution < -0.4 is 10.9 Å². The largest absolute Gasteiger partial charge is 0.337 e. The summed E-state index contributed by atoms with van der Waals surface area (Å²) in [5.74, 6) is -0.274. The molecule has 1 N–H and O–H groups in total. The lowest BCUT2D eigenvalue weighted by atomic mass is 9.90. The SMILES string of the molecule is CCCn1c(SC(C)C(=O)NC(C)(C#N)C(C)C)nc2ccccc2c1=O. The molecule has 0 saturated carbocycles. The Kier molecular flexibility index (Phi) is 6.66. The van der Waals surface area contributed by atoms with Gasteiger partial charge in [-0.25, -0.2) is 4.98 Å². The van der Waals surface area contributed by atoms with Crippen molar-refractivity contribution >= 4 is 28.6 Å². The van der Waals surface area contributed by atoms with Gasteiger partial charge in [0.1, 0.15) is 5.54 Å². The molecule has 7 heteroatoms. The van der Waals surface area contributed by atoms with Gasteiger partial charge in [-0.05, 0) is 38.3 Å². The third kappa shape index (κ3) is 4.51. The average molecular weight is 387 g/mol. The molecule has 27 heavy (non-hydrogen) atoms. The van der Waals surface area contributed by atoms with E-state index in [2.05, 4.69) is 16.4 Å². The predicted molar refractivity (Wildman–Crippen MR) is 109 cm³/mol. The summed E-state index contributed by atoms with van der Waals surface area (Å²) in [5, 5.41) is 12.8. The standard InChI is InChI=1S/C20H26N4O2S/c1-6-11-24-18(26)15-9-7-8-10-16(15)22-19(24)27-14(4)17(25)23-20(5,12-21)13(2)3/h7-10,13-14H,6,11H2,1-5H3,(H,23,25). The maximum atomic E-state index is 12.8. The number of hydrogen-bond acceptors (Lipinski definition) is 5. The summed E-state index contributed by atoms with van der Waals surface area (Å²) in [7, 11) is 0. The van der Waals surface area contributed by atoms with Crippen LogP contribution in [0.3, 0.4) is 0 Å². The van der Waals surface area contributed by atoms with Crippen LogP contribution in [0, 0.1) is 17.2 Å². The van der Waals surface area contributed by atoms with Crippen LogP contribution >= 0.6 is 11.8 Å². The van der Waals surface area contributed by atoms with Gasteiger partial charge in [-0.3, -0.25) is 14.2 Å². The molecule has 0 bridgehead atoms. The lowest BCUT2D eigenvalue weighted by Gasteiger charge is -2.28. The van der Waals surface area contributed by atoms with Crippen LogP contribution in [0.1, 0.15) is 41.0 Å². The zero-order valence-electron chi connectivity index (χ0n) is 16.4. The van der Waals surface area contributed by atoms with E-state index in [-0.39, 0.29) is 17.4 Å². The summed E-state index contributed by atoms with van der Waals surface area (Å²) in [6.07, 6.45) is 0.786. The number of fused-ring (bicyclic) bond motifs is 1. The number of thioether (sulfide) groups is 1. The number of para-hydroxylation sites is 1. The normalized spacial score (nSPS) is 14.6. The number of hydrogen-bond donors (Lipinski definition) is 1. The van der Waals surface area contributed by atoms with Crippen LogP contribution in [-0.2, 0) is 11.3 Å². The lowest BCUT2D eigenvalue weighted by molar-refractivity contribution is -0.121. The van der Waals surface area contributed by atoms with Crippen molar-refractivity contribution in [3.63, 3.8) is 0 Å². The van der Waals surface area contributed by atoms with E-state index in [1.807, 2.05) is 32.9 Å². The van der Waals surface area contributed by atoms with Crippen LogP contribution in [0.15, 0.2) is 34.2 Å². The first-order chi connectivity index (χ1) is 12.7. The smallest absolute Gasteiger partial charge is 0.262 e. The zero-order chi connectivity index (χ0) is 20.2. The van der Waals surface area contributed by atoms with Crippen LogP contribution in [-0.4, -0.2) is 26.2 Å². The summed E-state index contributed by atoms with van der Waals surface area (Å²) < 4.78 is 1.63. The number of carbonyl (C=O) groups is 1. The van der Waals surface area contributed by atoms with Crippen molar-refractivity contribution < 1.29 is 4.79 Å². The van der Waals surface area contributed by atoms with Gasteiger partial charge < -0.3 is 5.32 Å². The second kappa shape index (κ2) is 8.57. The highest BCUT2D eigenvalue weighted by atomic mass is 32.2. The summed E-state index contributed by atoms with van der Waals surface area (Å²) in [6.45, 7) is 9.79. The zero-order valence-corrected chi connectivity index (χ0v) is 17.3. The molecular formula is C20H26N4O2S. The fraction of sp³-hybridized carbons (Fsp3) is 0.500. The summed E-state index contributed by atoms with van der Waals surface area (Å²) in [5.41, 5.74) is -0.415. The Morgan fingerprint density at radius 3 is 2.63 bits per heavy atom. The van der Waals surface area contributed by atoms with Crippen molar-refractivity contribution in [2.75, 3.05) is 0 Å². The number of aromatic nitrogens is 2. The molecule has 2 aromatic rings. The third-order valence-corrected chi connectivity index (χ3v) is 5.79. The fourth-order valence-electron chi connectivity index (χ4n) is 2.53. The van der Waals surface area contributed by atoms with Crippen molar-refractivity contribution in [2.24, 2.45) is 5.92 Å². The molecule has 6 nitrogen and oxygen atoms in total. The first-order valence-electron chi connectivity index (χ1n) is 9.13. The topological polar surface area (TPSA) is 87.8 Å². The maximum Gasteiger partial charge on any atom is 0.262 e. The van der Waals surface area contributed by atoms with E-state index < -0.39 is 10.8 Å². The highest BCUT2D eigenvalue weighted by Gasteiger charge is 2.32. The van der Waals surface area contributed by atoms with Gasteiger partial charge in [0.05, 0.1) is 22.2 Å². The van der Waals surface area contributed by atoms with E-state index in [9.17, 15) is 14.9 Å². The van der Waals surface area contributed by atoms with Crippen molar-refractivity contribution in [1.29, 1.82) is 5.26 Å². The second-order valence-corrected chi connectivity index (χ2v) is 8.39. The first kappa shape index (κ1) is 21.0. The number of carbonyl (C=O) groups excluding carboxylic acids is 1. The fourth-order valence-corrected chi connectivity index (χ4v) is 3.46. The molecule has 1 aromatic carbocycles. The lowest BCUT2D eigenvalue weighted by Crippen LogP contribution is -2.51. The number of nitrogens with one attached hydrogen (secondary N) is 1. The minimum absolute atomic E-state index is 0.0271. The van der Waals surface area contributed by atoms with Gasteiger partial charge in [0, 0.05) is 6.54 Å². The number of nitrogens with zero attached hydrogens (tertiary/aromatic N) is 3. The summed E-state index contributed by atoms with van der Waals surface area (Å²) in [6, 6.07) is 9.40. The van der Waals surface area contributed by atoms with Crippen LogP contribution in [0.2, 0.25) is 0 Å². The molecule has 2 rings (SSSR count). The third-order valence-electron chi connectivity index (χ3n) is 4.70. The highest BCUT2D eigenvalue weighted by molar-refractivity contribution is 8.00. The molecule has 2 unspecified atom stereocenters. The Morgan fingerprint density at radius 2 is 2.04 bits per heavy atom. The Bertz CT molecular complexity index is 932. The minimum Gasteiger partial charge on any atom is -0.337 e. The molecule has 144 valence electrons. The molecule has 0 spiro atoms. The molecule has 2 atom stereocenters. The van der Waals surface area contributed by atoms with E-state index in [1.54, 1.807) is 30.5 Å². The summed E-state index contributed by atoms with van der Waals surface area (Å²) >= 11 is 1.24. The van der Waals surface area contributed by atoms with Crippen LogP contribution in [0.5, 0.6) is 0 Å². The van der Waals surface area contributed by atoms with Gasteiger partial charge >= 0.3 is 0 Å². The molecule has 0 saturated heterocycles. The molecule has 0 aliphatic heterocycles. The molecule has 1 amide bonds. The van der Waals surface area contributed by atoms with Crippen molar-refractivity contribution in [2.45, 2.75) is 63.5 Å². The molecular weight excluding hydrogens is 360 g/mol. The maximum absolute atomic E-state index is 12.8. The quantitative estimate of drug-likeness (QED) is 0.582. The molecule has 0 aliphatic rings. The Labute approximate surface area is 164 Å². The monoisotopic (exact) mass is 386 g/mol. The van der Waals surface area contributed by atoms with E-state index >= 15 is 0 Å². The van der Waals surface area contributed by atoms with Crippen LogP contribution in [0.4, 0.5) is 0 Å². The van der Waals surface area contributed by atoms with Gasteiger partial charge in [-0.2, -0.15) is 5.26 Å². The minimum atomic E-state index is -0.939. The molecule has 1 heterocycles. The first-order valence-corrected chi connectivity index (χ1v) is 10.0. The number of benzene rings is 1. The number of nitriles is 1. The number of amides is 1. The second-order valence-electron chi connectivity index (χ2n) is 7.09. The number of rotatable bonds is 7. The Morgan fingerprint density at radius 1 is 1.37 bits per heavy atom. The molecule has 0 radical (unpaired) electrons. The van der Waals surface area contributed by atoms with Gasteiger partial charge in [-0.1, -0.05) is 44.7 Å². The Hall–Kier alpha value is -2.33. The van der Waals surface area contributed by atoms with Crippen molar-refractivity contribution in [3.05, 3.63) is 34.6 Å². The average Bonchev–Trinajstić information content (AvgIpc) is 2.64.